The molecule has 0 radical (unpaired) electrons. The van der Waals surface area contributed by atoms with Crippen molar-refractivity contribution in [3.8, 4) is 0 Å². The van der Waals surface area contributed by atoms with E-state index in [0.717, 1.165) is 37.2 Å². The number of aromatic nitrogens is 1. The minimum Gasteiger partial charge on any atom is -0.361 e. The fourth-order valence-corrected chi connectivity index (χ4v) is 5.46. The summed E-state index contributed by atoms with van der Waals surface area (Å²) in [5, 5.41) is 3.90. The molecule has 1 aromatic carbocycles. The number of carbonyl (C=O) groups excluding carboxylic acids is 1. The Balaban J connectivity index is 1.45. The number of likely N-dealkylation sites (tertiary alicyclic amines) is 1. The Morgan fingerprint density at radius 1 is 1.22 bits per heavy atom. The molecule has 0 saturated carbocycles. The second-order valence-corrected chi connectivity index (χ2v) is 8.17. The Labute approximate surface area is 158 Å². The van der Waals surface area contributed by atoms with Gasteiger partial charge in [0.2, 0.25) is 5.91 Å². The summed E-state index contributed by atoms with van der Waals surface area (Å²) < 4.78 is 18.7. The Bertz CT molecular complexity index is 841. The molecule has 0 unspecified atom stereocenters. The van der Waals surface area contributed by atoms with Gasteiger partial charge in [-0.3, -0.25) is 9.69 Å². The number of piperidine rings is 3. The van der Waals surface area contributed by atoms with Crippen LogP contribution < -0.4 is 0 Å². The molecular weight excluding hydrogens is 345 g/mol. The van der Waals surface area contributed by atoms with Gasteiger partial charge < -0.3 is 9.42 Å². The summed E-state index contributed by atoms with van der Waals surface area (Å²) in [6.45, 7) is 4.76. The molecule has 27 heavy (non-hydrogen) atoms. The maximum Gasteiger partial charge on any atom is 0.230 e. The third-order valence-corrected chi connectivity index (χ3v) is 6.61. The molecule has 4 saturated heterocycles. The van der Waals surface area contributed by atoms with E-state index in [2.05, 4.69) is 15.0 Å². The van der Waals surface area contributed by atoms with Crippen LogP contribution in [0.5, 0.6) is 0 Å². The predicted octanol–water partition coefficient (Wildman–Crippen LogP) is 2.75. The number of hydrogen-bond acceptors (Lipinski definition) is 4. The van der Waals surface area contributed by atoms with Gasteiger partial charge in [0.15, 0.2) is 0 Å². The van der Waals surface area contributed by atoms with Crippen LogP contribution in [0.15, 0.2) is 34.9 Å². The zero-order valence-electron chi connectivity index (χ0n) is 15.5. The molecule has 4 fully saturated rings. The SMILES string of the molecule is Cc1cc(CC(=O)N2C[C@@H](c3ccc(F)cc3)[C@@H]3[C@H]2C2CCN3CC2)on1. The van der Waals surface area contributed by atoms with Crippen LogP contribution in [0, 0.1) is 18.7 Å². The van der Waals surface area contributed by atoms with Crippen LogP contribution in [0.25, 0.3) is 0 Å². The monoisotopic (exact) mass is 369 g/mol. The lowest BCUT2D eigenvalue weighted by Gasteiger charge is -2.51. The molecule has 0 spiro atoms. The van der Waals surface area contributed by atoms with E-state index in [1.54, 1.807) is 0 Å². The third-order valence-electron chi connectivity index (χ3n) is 6.61. The summed E-state index contributed by atoms with van der Waals surface area (Å²) in [5.41, 5.74) is 1.92. The molecule has 5 nitrogen and oxygen atoms in total. The first-order chi connectivity index (χ1) is 13.1. The summed E-state index contributed by atoms with van der Waals surface area (Å²) in [6, 6.07) is 9.25. The smallest absolute Gasteiger partial charge is 0.230 e. The molecule has 142 valence electrons. The van der Waals surface area contributed by atoms with Crippen LogP contribution >= 0.6 is 0 Å². The number of hydrogen-bond donors (Lipinski definition) is 0. The first kappa shape index (κ1) is 16.9. The molecule has 2 aromatic rings. The van der Waals surface area contributed by atoms with Gasteiger partial charge in [-0.15, -0.1) is 0 Å². The van der Waals surface area contributed by atoms with Gasteiger partial charge in [0.25, 0.3) is 0 Å². The van der Waals surface area contributed by atoms with Crippen LogP contribution in [0.1, 0.15) is 35.8 Å². The van der Waals surface area contributed by atoms with Crippen molar-refractivity contribution in [1.29, 1.82) is 0 Å². The Kier molecular flexibility index (Phi) is 4.04. The lowest BCUT2D eigenvalue weighted by atomic mass is 9.75. The number of rotatable bonds is 3. The number of amides is 1. The van der Waals surface area contributed by atoms with Crippen molar-refractivity contribution >= 4 is 5.91 Å². The quantitative estimate of drug-likeness (QED) is 0.835. The molecule has 5 heterocycles. The second-order valence-electron chi connectivity index (χ2n) is 8.17. The first-order valence-electron chi connectivity index (χ1n) is 9.81. The molecule has 1 aromatic heterocycles. The summed E-state index contributed by atoms with van der Waals surface area (Å²) in [4.78, 5) is 17.8. The van der Waals surface area contributed by atoms with E-state index in [1.165, 1.54) is 12.1 Å². The largest absolute Gasteiger partial charge is 0.361 e. The van der Waals surface area contributed by atoms with Gasteiger partial charge in [0.1, 0.15) is 11.6 Å². The molecule has 6 rings (SSSR count). The first-order valence-corrected chi connectivity index (χ1v) is 9.81. The highest BCUT2D eigenvalue weighted by molar-refractivity contribution is 5.79. The zero-order valence-corrected chi connectivity index (χ0v) is 15.5. The number of aryl methyl sites for hydroxylation is 1. The molecule has 4 aliphatic rings. The van der Waals surface area contributed by atoms with E-state index < -0.39 is 0 Å². The van der Waals surface area contributed by atoms with Crippen molar-refractivity contribution in [2.45, 2.75) is 44.2 Å². The van der Waals surface area contributed by atoms with Gasteiger partial charge in [-0.25, -0.2) is 4.39 Å². The standard InChI is InChI=1S/C21H24FN3O2/c1-13-10-17(27-23-13)11-19(26)25-12-18(14-2-4-16(22)5-3-14)21-20(25)15-6-8-24(21)9-7-15/h2-5,10,15,18,20-21H,6-9,11-12H2,1H3/t18-,20+,21+/m0/s1. The van der Waals surface area contributed by atoms with E-state index in [9.17, 15) is 9.18 Å². The number of nitrogens with zero attached hydrogens (tertiary/aromatic N) is 3. The second kappa shape index (κ2) is 6.44. The van der Waals surface area contributed by atoms with Gasteiger partial charge in [-0.1, -0.05) is 17.3 Å². The fraction of sp³-hybridized carbons (Fsp3) is 0.524. The molecular formula is C21H24FN3O2. The van der Waals surface area contributed by atoms with E-state index in [0.29, 0.717) is 24.3 Å². The van der Waals surface area contributed by atoms with E-state index in [1.807, 2.05) is 25.1 Å². The zero-order chi connectivity index (χ0) is 18.5. The highest BCUT2D eigenvalue weighted by Crippen LogP contribution is 2.46. The number of fused-ring (bicyclic) bond motifs is 2. The van der Waals surface area contributed by atoms with Crippen molar-refractivity contribution < 1.29 is 13.7 Å². The third kappa shape index (κ3) is 2.87. The molecule has 4 aliphatic heterocycles. The lowest BCUT2D eigenvalue weighted by Crippen LogP contribution is -2.60. The maximum atomic E-state index is 13.4. The van der Waals surface area contributed by atoms with Crippen LogP contribution in [0.3, 0.4) is 0 Å². The van der Waals surface area contributed by atoms with Crippen molar-refractivity contribution in [3.63, 3.8) is 0 Å². The van der Waals surface area contributed by atoms with Crippen molar-refractivity contribution in [2.24, 2.45) is 5.92 Å². The van der Waals surface area contributed by atoms with E-state index >= 15 is 0 Å². The normalized spacial score (nSPS) is 31.9. The Morgan fingerprint density at radius 3 is 2.63 bits per heavy atom. The molecule has 3 atom stereocenters. The molecule has 1 amide bonds. The van der Waals surface area contributed by atoms with Crippen LogP contribution in [0.2, 0.25) is 0 Å². The number of halogens is 1. The molecule has 0 N–H and O–H groups in total. The van der Waals surface area contributed by atoms with Crippen molar-refractivity contribution in [3.05, 3.63) is 53.2 Å². The van der Waals surface area contributed by atoms with Gasteiger partial charge in [-0.2, -0.15) is 0 Å². The molecule has 6 heteroatoms. The van der Waals surface area contributed by atoms with Gasteiger partial charge in [0.05, 0.1) is 18.2 Å². The minimum atomic E-state index is -0.215. The highest BCUT2D eigenvalue weighted by atomic mass is 19.1. The van der Waals surface area contributed by atoms with Crippen LogP contribution in [0.4, 0.5) is 4.39 Å². The summed E-state index contributed by atoms with van der Waals surface area (Å²) in [6.07, 6.45) is 2.57. The Hall–Kier alpha value is -2.21. The van der Waals surface area contributed by atoms with E-state index in [-0.39, 0.29) is 30.1 Å². The van der Waals surface area contributed by atoms with Crippen LogP contribution in [-0.2, 0) is 11.2 Å². The van der Waals surface area contributed by atoms with E-state index in [4.69, 9.17) is 4.52 Å². The highest BCUT2D eigenvalue weighted by Gasteiger charge is 2.54. The summed E-state index contributed by atoms with van der Waals surface area (Å²) >= 11 is 0. The fourth-order valence-electron chi connectivity index (χ4n) is 5.46. The van der Waals surface area contributed by atoms with Crippen molar-refractivity contribution in [1.82, 2.24) is 15.0 Å². The van der Waals surface area contributed by atoms with Gasteiger partial charge >= 0.3 is 0 Å². The summed E-state index contributed by atoms with van der Waals surface area (Å²) in [5.74, 6) is 1.32. The molecule has 2 bridgehead atoms. The average molecular weight is 369 g/mol. The Morgan fingerprint density at radius 2 is 1.96 bits per heavy atom. The topological polar surface area (TPSA) is 49.6 Å². The number of benzene rings is 1. The lowest BCUT2D eigenvalue weighted by molar-refractivity contribution is -0.135. The summed E-state index contributed by atoms with van der Waals surface area (Å²) in [7, 11) is 0. The predicted molar refractivity (Wildman–Crippen MR) is 97.7 cm³/mol. The van der Waals surface area contributed by atoms with Crippen molar-refractivity contribution in [2.75, 3.05) is 19.6 Å². The average Bonchev–Trinajstić information content (AvgIpc) is 3.28. The maximum absolute atomic E-state index is 13.4. The van der Waals surface area contributed by atoms with Gasteiger partial charge in [0, 0.05) is 24.6 Å². The van der Waals surface area contributed by atoms with Crippen LogP contribution in [-0.4, -0.2) is 52.6 Å². The molecule has 0 aliphatic carbocycles. The number of carbonyl (C=O) groups is 1. The van der Waals surface area contributed by atoms with Gasteiger partial charge in [-0.05, 0) is 56.5 Å². The minimum absolute atomic E-state index is 0.111.